The van der Waals surface area contributed by atoms with Crippen LogP contribution in [0.2, 0.25) is 0 Å². The van der Waals surface area contributed by atoms with E-state index in [-0.39, 0.29) is 5.56 Å². The first-order valence-electron chi connectivity index (χ1n) is 8.08. The molecule has 0 aliphatic heterocycles. The molecule has 0 fully saturated rings. The van der Waals surface area contributed by atoms with Crippen LogP contribution in [0.1, 0.15) is 16.8 Å². The minimum atomic E-state index is -0.0903. The summed E-state index contributed by atoms with van der Waals surface area (Å²) in [5, 5.41) is 12.6. The van der Waals surface area contributed by atoms with Crippen LogP contribution in [0.4, 0.5) is 0 Å². The molecule has 4 aromatic rings. The summed E-state index contributed by atoms with van der Waals surface area (Å²) in [6.07, 6.45) is 1.73. The van der Waals surface area contributed by atoms with E-state index in [4.69, 9.17) is 0 Å². The number of pyridine rings is 1. The summed E-state index contributed by atoms with van der Waals surface area (Å²) in [7, 11) is 0. The van der Waals surface area contributed by atoms with Crippen molar-refractivity contribution in [1.29, 1.82) is 0 Å². The monoisotopic (exact) mass is 364 g/mol. The second-order valence-electron chi connectivity index (χ2n) is 5.97. The van der Waals surface area contributed by atoms with E-state index >= 15 is 0 Å². The van der Waals surface area contributed by atoms with Crippen molar-refractivity contribution in [3.05, 3.63) is 75.8 Å². The molecule has 26 heavy (non-hydrogen) atoms. The van der Waals surface area contributed by atoms with Gasteiger partial charge in [0.2, 0.25) is 5.16 Å². The fourth-order valence-electron chi connectivity index (χ4n) is 2.64. The average Bonchev–Trinajstić information content (AvgIpc) is 3.10. The quantitative estimate of drug-likeness (QED) is 0.518. The molecule has 4 rings (SSSR count). The maximum atomic E-state index is 12.3. The summed E-state index contributed by atoms with van der Waals surface area (Å²) < 4.78 is 3.24. The van der Waals surface area contributed by atoms with Crippen LogP contribution in [-0.4, -0.2) is 29.6 Å². The molecule has 0 saturated carbocycles. The molecular formula is C18H16N6OS. The summed E-state index contributed by atoms with van der Waals surface area (Å²) in [6.45, 7) is 3.97. The van der Waals surface area contributed by atoms with Crippen molar-refractivity contribution < 1.29 is 0 Å². The van der Waals surface area contributed by atoms with Crippen LogP contribution in [0.3, 0.4) is 0 Å². The Morgan fingerprint density at radius 1 is 1.12 bits per heavy atom. The number of aryl methyl sites for hydroxylation is 2. The predicted molar refractivity (Wildman–Crippen MR) is 99.7 cm³/mol. The van der Waals surface area contributed by atoms with Crippen LogP contribution < -0.4 is 5.56 Å². The molecule has 8 heteroatoms. The van der Waals surface area contributed by atoms with Gasteiger partial charge in [-0.25, -0.2) is 4.98 Å². The summed E-state index contributed by atoms with van der Waals surface area (Å²) in [5.41, 5.74) is 4.31. The number of benzene rings is 1. The highest BCUT2D eigenvalue weighted by Gasteiger charge is 2.11. The summed E-state index contributed by atoms with van der Waals surface area (Å²) in [5.74, 6) is 0.506. The van der Waals surface area contributed by atoms with Crippen molar-refractivity contribution in [3.63, 3.8) is 0 Å². The average molecular weight is 364 g/mol. The minimum Gasteiger partial charge on any atom is -0.269 e. The van der Waals surface area contributed by atoms with E-state index in [1.807, 2.05) is 50.2 Å². The minimum absolute atomic E-state index is 0.0903. The van der Waals surface area contributed by atoms with Crippen molar-refractivity contribution >= 4 is 17.4 Å². The van der Waals surface area contributed by atoms with Gasteiger partial charge >= 0.3 is 0 Å². The first-order valence-corrected chi connectivity index (χ1v) is 9.06. The first kappa shape index (κ1) is 16.5. The standard InChI is InChI=1S/C18H16N6OS/c1-12-5-7-15(8-6-12)24-18(20-21-22-24)26-11-14-10-16(25)23-9-3-4-13(2)17(23)19-14/h3-10H,11H2,1-2H3. The van der Waals surface area contributed by atoms with Crippen molar-refractivity contribution in [2.24, 2.45) is 0 Å². The second kappa shape index (κ2) is 6.72. The third kappa shape index (κ3) is 3.11. The Morgan fingerprint density at radius 2 is 1.92 bits per heavy atom. The number of thioether (sulfide) groups is 1. The van der Waals surface area contributed by atoms with Gasteiger partial charge in [0.1, 0.15) is 5.65 Å². The number of hydrogen-bond donors (Lipinski definition) is 0. The number of nitrogens with zero attached hydrogens (tertiary/aromatic N) is 6. The lowest BCUT2D eigenvalue weighted by atomic mass is 10.2. The number of tetrazole rings is 1. The summed E-state index contributed by atoms with van der Waals surface area (Å²) in [6, 6.07) is 13.3. The lowest BCUT2D eigenvalue weighted by Crippen LogP contribution is -2.15. The zero-order chi connectivity index (χ0) is 18.1. The fraction of sp³-hybridized carbons (Fsp3) is 0.167. The Balaban J connectivity index is 1.62. The van der Waals surface area contributed by atoms with Crippen LogP contribution >= 0.6 is 11.8 Å². The van der Waals surface area contributed by atoms with Crippen LogP contribution in [0.5, 0.6) is 0 Å². The van der Waals surface area contributed by atoms with Gasteiger partial charge in [-0.05, 0) is 48.0 Å². The van der Waals surface area contributed by atoms with Gasteiger partial charge in [-0.3, -0.25) is 9.20 Å². The zero-order valence-electron chi connectivity index (χ0n) is 14.3. The molecule has 0 radical (unpaired) electrons. The second-order valence-corrected chi connectivity index (χ2v) is 6.91. The Kier molecular flexibility index (Phi) is 4.26. The van der Waals surface area contributed by atoms with Crippen LogP contribution in [0.25, 0.3) is 11.3 Å². The molecule has 0 bridgehead atoms. The normalized spacial score (nSPS) is 11.2. The zero-order valence-corrected chi connectivity index (χ0v) is 15.1. The van der Waals surface area contributed by atoms with Gasteiger partial charge in [0, 0.05) is 18.0 Å². The molecule has 0 unspecified atom stereocenters. The number of aromatic nitrogens is 6. The van der Waals surface area contributed by atoms with Crippen LogP contribution in [-0.2, 0) is 5.75 Å². The molecule has 0 amide bonds. The Hall–Kier alpha value is -3.00. The number of fused-ring (bicyclic) bond motifs is 1. The highest BCUT2D eigenvalue weighted by Crippen LogP contribution is 2.22. The summed E-state index contributed by atoms with van der Waals surface area (Å²) >= 11 is 1.45. The lowest BCUT2D eigenvalue weighted by molar-refractivity contribution is 0.756. The topological polar surface area (TPSA) is 78.0 Å². The maximum absolute atomic E-state index is 12.3. The van der Waals surface area contributed by atoms with Crippen molar-refractivity contribution in [1.82, 2.24) is 29.6 Å². The van der Waals surface area contributed by atoms with Gasteiger partial charge in [-0.15, -0.1) is 5.10 Å². The highest BCUT2D eigenvalue weighted by molar-refractivity contribution is 7.98. The van der Waals surface area contributed by atoms with E-state index in [2.05, 4.69) is 20.5 Å². The molecule has 1 aromatic carbocycles. The molecule has 3 aromatic heterocycles. The molecule has 3 heterocycles. The highest BCUT2D eigenvalue weighted by atomic mass is 32.2. The van der Waals surface area contributed by atoms with E-state index in [9.17, 15) is 4.79 Å². The van der Waals surface area contributed by atoms with Gasteiger partial charge in [0.05, 0.1) is 11.4 Å². The largest absolute Gasteiger partial charge is 0.269 e. The smallest absolute Gasteiger partial charge is 0.258 e. The van der Waals surface area contributed by atoms with E-state index < -0.39 is 0 Å². The first-order chi connectivity index (χ1) is 12.6. The molecule has 0 aliphatic rings. The van der Waals surface area contributed by atoms with Gasteiger partial charge in [-0.1, -0.05) is 35.5 Å². The maximum Gasteiger partial charge on any atom is 0.258 e. The van der Waals surface area contributed by atoms with Gasteiger partial charge < -0.3 is 0 Å². The van der Waals surface area contributed by atoms with Crippen LogP contribution in [0.15, 0.2) is 58.6 Å². The Bertz CT molecular complexity index is 1130. The molecule has 7 nitrogen and oxygen atoms in total. The van der Waals surface area contributed by atoms with E-state index in [1.165, 1.54) is 17.3 Å². The molecule has 0 saturated heterocycles. The fourth-order valence-corrected chi connectivity index (χ4v) is 3.42. The van der Waals surface area contributed by atoms with E-state index in [1.54, 1.807) is 21.3 Å². The van der Waals surface area contributed by atoms with E-state index in [0.29, 0.717) is 22.3 Å². The molecular weight excluding hydrogens is 348 g/mol. The van der Waals surface area contributed by atoms with Crippen molar-refractivity contribution in [2.45, 2.75) is 24.8 Å². The summed E-state index contributed by atoms with van der Waals surface area (Å²) in [4.78, 5) is 16.9. The molecule has 0 atom stereocenters. The number of rotatable bonds is 4. The van der Waals surface area contributed by atoms with Crippen molar-refractivity contribution in [3.8, 4) is 5.69 Å². The van der Waals surface area contributed by atoms with Gasteiger partial charge in [-0.2, -0.15) is 4.68 Å². The Labute approximate surface area is 153 Å². The molecule has 0 aliphatic carbocycles. The predicted octanol–water partition coefficient (Wildman–Crippen LogP) is 2.58. The van der Waals surface area contributed by atoms with Crippen LogP contribution in [0, 0.1) is 13.8 Å². The number of hydrogen-bond acceptors (Lipinski definition) is 6. The third-order valence-corrected chi connectivity index (χ3v) is 4.96. The SMILES string of the molecule is Cc1ccc(-n2nnnc2SCc2cc(=O)n3cccc(C)c3n2)cc1. The third-order valence-electron chi connectivity index (χ3n) is 4.01. The van der Waals surface area contributed by atoms with Gasteiger partial charge in [0.25, 0.3) is 5.56 Å². The van der Waals surface area contributed by atoms with Gasteiger partial charge in [0.15, 0.2) is 0 Å². The molecule has 130 valence electrons. The molecule has 0 spiro atoms. The van der Waals surface area contributed by atoms with Crippen molar-refractivity contribution in [2.75, 3.05) is 0 Å². The Morgan fingerprint density at radius 3 is 2.73 bits per heavy atom. The lowest BCUT2D eigenvalue weighted by Gasteiger charge is -2.07. The molecule has 0 N–H and O–H groups in total. The van der Waals surface area contributed by atoms with E-state index in [0.717, 1.165) is 11.3 Å².